The fourth-order valence-electron chi connectivity index (χ4n) is 11.2. The average molecular weight is 1430 g/mol. The molecule has 0 fully saturated rings. The van der Waals surface area contributed by atoms with Crippen LogP contribution >= 0.6 is 15.6 Å². The molecule has 0 aliphatic heterocycles. The molecule has 574 valence electrons. The van der Waals surface area contributed by atoms with E-state index in [4.69, 9.17) is 37.0 Å². The molecule has 0 saturated carbocycles. The van der Waals surface area contributed by atoms with Crippen molar-refractivity contribution in [3.63, 3.8) is 0 Å². The minimum atomic E-state index is -4.97. The summed E-state index contributed by atoms with van der Waals surface area (Å²) in [5, 5.41) is 10.6. The molecule has 17 nitrogen and oxygen atoms in total. The number of unbranched alkanes of at least 4 members (excludes halogenated alkanes) is 41. The Morgan fingerprint density at radius 3 is 0.837 bits per heavy atom. The van der Waals surface area contributed by atoms with Crippen LogP contribution < -0.4 is 0 Å². The average Bonchev–Trinajstić information content (AvgIpc) is 1.10. The van der Waals surface area contributed by atoms with E-state index in [1.807, 2.05) is 0 Å². The molecule has 0 bridgehead atoms. The van der Waals surface area contributed by atoms with E-state index in [1.165, 1.54) is 161 Å². The summed E-state index contributed by atoms with van der Waals surface area (Å²) in [6.07, 6.45) is 66.7. The van der Waals surface area contributed by atoms with Crippen LogP contribution in [0.15, 0.2) is 48.6 Å². The Morgan fingerprint density at radius 1 is 0.316 bits per heavy atom. The zero-order chi connectivity index (χ0) is 71.9. The van der Waals surface area contributed by atoms with Crippen LogP contribution in [0.3, 0.4) is 0 Å². The number of aliphatic hydroxyl groups excluding tert-OH is 1. The highest BCUT2D eigenvalue weighted by Crippen LogP contribution is 2.45. The van der Waals surface area contributed by atoms with E-state index >= 15 is 0 Å². The molecule has 0 aromatic rings. The van der Waals surface area contributed by atoms with Crippen LogP contribution in [-0.4, -0.2) is 96.7 Å². The lowest BCUT2D eigenvalue weighted by molar-refractivity contribution is -0.161. The Kier molecular flexibility index (Phi) is 68.9. The Morgan fingerprint density at radius 2 is 0.551 bits per heavy atom. The van der Waals surface area contributed by atoms with Crippen molar-refractivity contribution >= 4 is 39.5 Å². The molecule has 5 atom stereocenters. The van der Waals surface area contributed by atoms with E-state index in [1.54, 1.807) is 0 Å². The highest BCUT2D eigenvalue weighted by Gasteiger charge is 2.30. The van der Waals surface area contributed by atoms with Crippen molar-refractivity contribution < 1.29 is 80.2 Å². The summed E-state index contributed by atoms with van der Waals surface area (Å²) in [6.45, 7) is 7.20. The van der Waals surface area contributed by atoms with Gasteiger partial charge < -0.3 is 33.8 Å². The molecule has 98 heavy (non-hydrogen) atoms. The van der Waals surface area contributed by atoms with Gasteiger partial charge in [0.1, 0.15) is 19.3 Å². The highest BCUT2D eigenvalue weighted by molar-refractivity contribution is 7.47. The Labute approximate surface area is 597 Å². The first-order valence-electron chi connectivity index (χ1n) is 39.8. The summed E-state index contributed by atoms with van der Waals surface area (Å²) in [6, 6.07) is 0. The summed E-state index contributed by atoms with van der Waals surface area (Å²) in [7, 11) is -9.94. The van der Waals surface area contributed by atoms with Crippen molar-refractivity contribution in [2.24, 2.45) is 5.92 Å². The quantitative estimate of drug-likeness (QED) is 0.0169. The lowest BCUT2D eigenvalue weighted by Gasteiger charge is -2.21. The van der Waals surface area contributed by atoms with Gasteiger partial charge >= 0.3 is 39.5 Å². The number of carbonyl (C=O) groups is 4. The van der Waals surface area contributed by atoms with Gasteiger partial charge in [-0.25, -0.2) is 9.13 Å². The zero-order valence-electron chi connectivity index (χ0n) is 62.9. The summed E-state index contributed by atoms with van der Waals surface area (Å²) in [5.74, 6) is -1.38. The number of ether oxygens (including phenoxy) is 4. The summed E-state index contributed by atoms with van der Waals surface area (Å²) >= 11 is 0. The summed E-state index contributed by atoms with van der Waals surface area (Å²) in [5.41, 5.74) is 0. The fraction of sp³-hybridized carbons (Fsp3) is 0.848. The lowest BCUT2D eigenvalue weighted by Crippen LogP contribution is -2.30. The molecule has 0 spiro atoms. The van der Waals surface area contributed by atoms with Crippen LogP contribution in [0.1, 0.15) is 369 Å². The summed E-state index contributed by atoms with van der Waals surface area (Å²) < 4.78 is 68.5. The van der Waals surface area contributed by atoms with Gasteiger partial charge in [0.15, 0.2) is 12.2 Å². The third kappa shape index (κ3) is 71.4. The summed E-state index contributed by atoms with van der Waals surface area (Å²) in [4.78, 5) is 72.9. The van der Waals surface area contributed by atoms with Gasteiger partial charge in [-0.2, -0.15) is 0 Å². The number of allylic oxidation sites excluding steroid dienone is 8. The molecule has 0 rings (SSSR count). The highest BCUT2D eigenvalue weighted by atomic mass is 31.2. The zero-order valence-corrected chi connectivity index (χ0v) is 64.7. The SMILES string of the molecule is CCCCCC/C=C\C=C/CCCCCCCC(=O)OC[C@H](COP(=O)(O)OC[C@@H](O)COP(=O)(O)OC[C@@H](COC(=O)CCCCCCCCCCCCC)OC(=O)CCCCCCC/C=C\C=C/CCCCCC)OC(=O)CCCCCCCCCCCCCCCCC(C)C. The molecule has 2 unspecified atom stereocenters. The first kappa shape index (κ1) is 95.0. The number of esters is 4. The van der Waals surface area contributed by atoms with Crippen LogP contribution in [0.5, 0.6) is 0 Å². The van der Waals surface area contributed by atoms with E-state index < -0.39 is 97.5 Å². The van der Waals surface area contributed by atoms with Crippen molar-refractivity contribution in [1.29, 1.82) is 0 Å². The second-order valence-corrected chi connectivity index (χ2v) is 30.5. The number of phosphoric ester groups is 2. The monoisotopic (exact) mass is 1430 g/mol. The Hall–Kier alpha value is -2.98. The number of carbonyl (C=O) groups excluding carboxylic acids is 4. The topological polar surface area (TPSA) is 237 Å². The number of hydrogen-bond acceptors (Lipinski definition) is 15. The van der Waals surface area contributed by atoms with Crippen LogP contribution in [0.2, 0.25) is 0 Å². The van der Waals surface area contributed by atoms with Gasteiger partial charge in [-0.3, -0.25) is 37.3 Å². The molecule has 0 radical (unpaired) electrons. The first-order chi connectivity index (χ1) is 47.5. The molecular formula is C79H146O17P2. The molecule has 0 aliphatic rings. The van der Waals surface area contributed by atoms with Crippen molar-refractivity contribution in [2.45, 2.75) is 387 Å². The van der Waals surface area contributed by atoms with Gasteiger partial charge in [-0.1, -0.05) is 314 Å². The number of hydrogen-bond donors (Lipinski definition) is 3. The van der Waals surface area contributed by atoms with Gasteiger partial charge in [-0.05, 0) is 83.0 Å². The Bertz CT molecular complexity index is 2060. The van der Waals surface area contributed by atoms with E-state index in [0.29, 0.717) is 25.7 Å². The van der Waals surface area contributed by atoms with Crippen LogP contribution in [0.4, 0.5) is 0 Å². The first-order valence-corrected chi connectivity index (χ1v) is 42.8. The van der Waals surface area contributed by atoms with Crippen molar-refractivity contribution in [1.82, 2.24) is 0 Å². The second kappa shape index (κ2) is 71.0. The molecular weight excluding hydrogens is 1280 g/mol. The maximum atomic E-state index is 13.1. The van der Waals surface area contributed by atoms with Crippen molar-refractivity contribution in [3.8, 4) is 0 Å². The van der Waals surface area contributed by atoms with Gasteiger partial charge in [0.2, 0.25) is 0 Å². The van der Waals surface area contributed by atoms with E-state index in [2.05, 4.69) is 83.2 Å². The van der Waals surface area contributed by atoms with E-state index in [0.717, 1.165) is 128 Å². The van der Waals surface area contributed by atoms with Gasteiger partial charge in [0.25, 0.3) is 0 Å². The maximum Gasteiger partial charge on any atom is 0.472 e. The van der Waals surface area contributed by atoms with Crippen LogP contribution in [-0.2, 0) is 65.4 Å². The third-order valence-electron chi connectivity index (χ3n) is 17.3. The smallest absolute Gasteiger partial charge is 0.462 e. The maximum absolute atomic E-state index is 13.1. The minimum Gasteiger partial charge on any atom is -0.462 e. The number of aliphatic hydroxyl groups is 1. The predicted molar refractivity (Wildman–Crippen MR) is 400 cm³/mol. The lowest BCUT2D eigenvalue weighted by atomic mass is 10.0. The fourth-order valence-corrected chi connectivity index (χ4v) is 12.7. The van der Waals surface area contributed by atoms with Crippen LogP contribution in [0, 0.1) is 5.92 Å². The number of rotatable bonds is 75. The molecule has 0 saturated heterocycles. The predicted octanol–water partition coefficient (Wildman–Crippen LogP) is 22.8. The van der Waals surface area contributed by atoms with Gasteiger partial charge in [0, 0.05) is 25.7 Å². The molecule has 19 heteroatoms. The molecule has 0 aliphatic carbocycles. The number of phosphoric acid groups is 2. The van der Waals surface area contributed by atoms with E-state index in [9.17, 15) is 43.2 Å². The van der Waals surface area contributed by atoms with Crippen LogP contribution in [0.25, 0.3) is 0 Å². The largest absolute Gasteiger partial charge is 0.472 e. The molecule has 0 heterocycles. The standard InChI is InChI=1S/C79H146O17P2/c1-6-9-12-15-18-21-24-26-28-33-38-43-48-53-58-63-77(82)90-69-75(96-79(84)65-60-55-50-45-40-35-31-30-32-37-41-46-51-56-61-72(4)5)71-94-98(87,88)92-67-73(80)66-91-97(85,86)93-70-74(68-89-76(81)62-57-52-47-42-36-23-20-17-14-11-8-3)95-78(83)64-59-54-49-44-39-34-29-27-25-22-19-16-13-10-7-2/h21-22,24-29,72-75,80H,6-20,23,30-71H2,1-5H3,(H,85,86)(H,87,88)/b24-21-,25-22-,28-26-,29-27-/t73-,74+,75+/m0/s1. The van der Waals surface area contributed by atoms with Crippen molar-refractivity contribution in [2.75, 3.05) is 39.6 Å². The molecule has 0 aromatic carbocycles. The Balaban J connectivity index is 5.32. The van der Waals surface area contributed by atoms with Crippen molar-refractivity contribution in [3.05, 3.63) is 48.6 Å². The van der Waals surface area contributed by atoms with E-state index in [-0.39, 0.29) is 25.7 Å². The minimum absolute atomic E-state index is 0.0831. The van der Waals surface area contributed by atoms with Gasteiger partial charge in [-0.15, -0.1) is 0 Å². The second-order valence-electron chi connectivity index (χ2n) is 27.6. The molecule has 3 N–H and O–H groups in total. The third-order valence-corrected chi connectivity index (χ3v) is 19.2. The normalized spacial score (nSPS) is 14.2. The van der Waals surface area contributed by atoms with Gasteiger partial charge in [0.05, 0.1) is 26.4 Å². The molecule has 0 aromatic heterocycles. The molecule has 0 amide bonds.